The molecule has 1 fully saturated rings. The number of carbonyl (C=O) groups excluding carboxylic acids is 1. The monoisotopic (exact) mass is 259 g/mol. The van der Waals surface area contributed by atoms with Crippen molar-refractivity contribution in [2.24, 2.45) is 5.41 Å². The van der Waals surface area contributed by atoms with Gasteiger partial charge < -0.3 is 0 Å². The Kier molecular flexibility index (Phi) is 3.99. The molecule has 2 rings (SSSR count). The summed E-state index contributed by atoms with van der Waals surface area (Å²) >= 11 is 0. The first-order chi connectivity index (χ1) is 9.07. The number of nitriles is 1. The molecule has 2 nitrogen and oxygen atoms in total. The zero-order valence-corrected chi connectivity index (χ0v) is 11.2. The lowest BCUT2D eigenvalue weighted by Gasteiger charge is -2.33. The van der Waals surface area contributed by atoms with Gasteiger partial charge in [-0.3, -0.25) is 4.79 Å². The molecule has 1 saturated carbocycles. The third-order valence-corrected chi connectivity index (χ3v) is 4.13. The molecular formula is C16H18FNO. The summed E-state index contributed by atoms with van der Waals surface area (Å²) in [5, 5.41) is 9.29. The minimum Gasteiger partial charge on any atom is -0.297 e. The molecule has 100 valence electrons. The van der Waals surface area contributed by atoms with E-state index in [1.165, 1.54) is 12.1 Å². The lowest BCUT2D eigenvalue weighted by atomic mass is 9.68. The van der Waals surface area contributed by atoms with Gasteiger partial charge in [-0.2, -0.15) is 5.26 Å². The number of halogens is 1. The molecule has 19 heavy (non-hydrogen) atoms. The van der Waals surface area contributed by atoms with Crippen LogP contribution in [-0.4, -0.2) is 5.78 Å². The van der Waals surface area contributed by atoms with Gasteiger partial charge in [0.15, 0.2) is 5.78 Å². The van der Waals surface area contributed by atoms with Crippen molar-refractivity contribution >= 4 is 5.78 Å². The van der Waals surface area contributed by atoms with Crippen molar-refractivity contribution in [1.29, 1.82) is 5.26 Å². The van der Waals surface area contributed by atoms with E-state index in [2.05, 4.69) is 6.07 Å². The molecule has 0 spiro atoms. The van der Waals surface area contributed by atoms with Crippen molar-refractivity contribution in [3.05, 3.63) is 35.6 Å². The first-order valence-electron chi connectivity index (χ1n) is 6.76. The summed E-state index contributed by atoms with van der Waals surface area (Å²) in [5.41, 5.74) is 0.0459. The van der Waals surface area contributed by atoms with Crippen molar-refractivity contribution in [2.75, 3.05) is 0 Å². The van der Waals surface area contributed by atoms with E-state index in [1.54, 1.807) is 12.1 Å². The number of Topliss-reactive ketones (excluding diaryl/α,β-unsaturated/α-hetero) is 1. The first-order valence-corrected chi connectivity index (χ1v) is 6.76. The maximum absolute atomic E-state index is 13.2. The van der Waals surface area contributed by atoms with Crippen LogP contribution >= 0.6 is 0 Å². The van der Waals surface area contributed by atoms with Crippen LogP contribution in [-0.2, 0) is 4.79 Å². The van der Waals surface area contributed by atoms with Gasteiger partial charge >= 0.3 is 0 Å². The van der Waals surface area contributed by atoms with Crippen molar-refractivity contribution in [2.45, 2.75) is 44.9 Å². The molecule has 0 saturated heterocycles. The fraction of sp³-hybridized carbons (Fsp3) is 0.500. The third kappa shape index (κ3) is 2.84. The Labute approximate surface area is 113 Å². The standard InChI is InChI=1S/C16H18FNO/c1-16(8-3-2-4-9-16)15(19)14(11-18)12-6-5-7-13(17)10-12/h5-7,10,14H,2-4,8-9H2,1H3. The summed E-state index contributed by atoms with van der Waals surface area (Å²) in [6.07, 6.45) is 4.88. The molecular weight excluding hydrogens is 241 g/mol. The van der Waals surface area contributed by atoms with Gasteiger partial charge in [0.05, 0.1) is 6.07 Å². The summed E-state index contributed by atoms with van der Waals surface area (Å²) in [7, 11) is 0. The third-order valence-electron chi connectivity index (χ3n) is 4.13. The highest BCUT2D eigenvalue weighted by molar-refractivity contribution is 5.93. The molecule has 1 aliphatic carbocycles. The second kappa shape index (κ2) is 5.52. The Morgan fingerprint density at radius 3 is 2.63 bits per heavy atom. The van der Waals surface area contributed by atoms with Crippen LogP contribution in [0.4, 0.5) is 4.39 Å². The second-order valence-corrected chi connectivity index (χ2v) is 5.60. The molecule has 0 amide bonds. The van der Waals surface area contributed by atoms with Crippen molar-refractivity contribution in [1.82, 2.24) is 0 Å². The number of benzene rings is 1. The number of hydrogen-bond acceptors (Lipinski definition) is 2. The minimum atomic E-state index is -0.848. The lowest BCUT2D eigenvalue weighted by molar-refractivity contribution is -0.129. The maximum atomic E-state index is 13.2. The molecule has 0 bridgehead atoms. The average molecular weight is 259 g/mol. The summed E-state index contributed by atoms with van der Waals surface area (Å²) in [6, 6.07) is 7.87. The zero-order valence-electron chi connectivity index (χ0n) is 11.2. The van der Waals surface area contributed by atoms with Crippen LogP contribution in [0.5, 0.6) is 0 Å². The number of carbonyl (C=O) groups is 1. The Bertz CT molecular complexity index is 512. The molecule has 1 unspecified atom stereocenters. The van der Waals surface area contributed by atoms with Crippen LogP contribution in [0.15, 0.2) is 24.3 Å². The van der Waals surface area contributed by atoms with Gasteiger partial charge in [0, 0.05) is 5.41 Å². The molecule has 0 aromatic heterocycles. The quantitative estimate of drug-likeness (QED) is 0.824. The van der Waals surface area contributed by atoms with E-state index < -0.39 is 17.2 Å². The number of ketones is 1. The number of rotatable bonds is 3. The van der Waals surface area contributed by atoms with Crippen LogP contribution in [0, 0.1) is 22.6 Å². The average Bonchev–Trinajstić information content (AvgIpc) is 2.40. The molecule has 3 heteroatoms. The lowest BCUT2D eigenvalue weighted by Crippen LogP contribution is -2.34. The van der Waals surface area contributed by atoms with Crippen LogP contribution < -0.4 is 0 Å². The topological polar surface area (TPSA) is 40.9 Å². The summed E-state index contributed by atoms with van der Waals surface area (Å²) in [5.74, 6) is -1.31. The van der Waals surface area contributed by atoms with Gasteiger partial charge in [0.2, 0.25) is 0 Å². The highest BCUT2D eigenvalue weighted by Crippen LogP contribution is 2.40. The minimum absolute atomic E-state index is 0.0553. The van der Waals surface area contributed by atoms with Gasteiger partial charge in [-0.25, -0.2) is 4.39 Å². The highest BCUT2D eigenvalue weighted by atomic mass is 19.1. The summed E-state index contributed by atoms with van der Waals surface area (Å²) in [6.45, 7) is 1.94. The largest absolute Gasteiger partial charge is 0.297 e. The fourth-order valence-electron chi connectivity index (χ4n) is 2.90. The van der Waals surface area contributed by atoms with Crippen LogP contribution in [0.1, 0.15) is 50.5 Å². The Morgan fingerprint density at radius 2 is 2.05 bits per heavy atom. The van der Waals surface area contributed by atoms with E-state index in [9.17, 15) is 14.4 Å². The first kappa shape index (κ1) is 13.7. The number of hydrogen-bond donors (Lipinski definition) is 0. The van der Waals surface area contributed by atoms with Crippen LogP contribution in [0.25, 0.3) is 0 Å². The molecule has 1 aliphatic rings. The highest BCUT2D eigenvalue weighted by Gasteiger charge is 2.39. The van der Waals surface area contributed by atoms with E-state index in [-0.39, 0.29) is 5.78 Å². The van der Waals surface area contributed by atoms with Crippen LogP contribution in [0.3, 0.4) is 0 Å². The van der Waals surface area contributed by atoms with Crippen molar-refractivity contribution in [3.63, 3.8) is 0 Å². The Balaban J connectivity index is 2.27. The van der Waals surface area contributed by atoms with E-state index in [0.717, 1.165) is 32.1 Å². The zero-order chi connectivity index (χ0) is 13.9. The summed E-state index contributed by atoms with van der Waals surface area (Å²) < 4.78 is 13.2. The molecule has 1 aromatic rings. The predicted octanol–water partition coefficient (Wildman–Crippen LogP) is 3.97. The molecule has 0 aliphatic heterocycles. The number of nitrogens with zero attached hydrogens (tertiary/aromatic N) is 1. The van der Waals surface area contributed by atoms with Gasteiger partial charge in [-0.1, -0.05) is 38.3 Å². The van der Waals surface area contributed by atoms with Gasteiger partial charge in [0.25, 0.3) is 0 Å². The molecule has 0 N–H and O–H groups in total. The smallest absolute Gasteiger partial charge is 0.160 e. The fourth-order valence-corrected chi connectivity index (χ4v) is 2.90. The normalized spacial score (nSPS) is 19.4. The second-order valence-electron chi connectivity index (χ2n) is 5.60. The van der Waals surface area contributed by atoms with E-state index in [1.807, 2.05) is 6.92 Å². The Hall–Kier alpha value is -1.69. The van der Waals surface area contributed by atoms with E-state index in [4.69, 9.17) is 0 Å². The predicted molar refractivity (Wildman–Crippen MR) is 71.0 cm³/mol. The molecule has 0 radical (unpaired) electrons. The van der Waals surface area contributed by atoms with Crippen molar-refractivity contribution < 1.29 is 9.18 Å². The molecule has 0 heterocycles. The van der Waals surface area contributed by atoms with E-state index >= 15 is 0 Å². The molecule has 1 atom stereocenters. The van der Waals surface area contributed by atoms with Gasteiger partial charge in [-0.05, 0) is 30.5 Å². The summed E-state index contributed by atoms with van der Waals surface area (Å²) in [4.78, 5) is 12.6. The van der Waals surface area contributed by atoms with Gasteiger partial charge in [-0.15, -0.1) is 0 Å². The van der Waals surface area contributed by atoms with Crippen molar-refractivity contribution in [3.8, 4) is 6.07 Å². The SMILES string of the molecule is CC1(C(=O)C(C#N)c2cccc(F)c2)CCCCC1. The maximum Gasteiger partial charge on any atom is 0.160 e. The Morgan fingerprint density at radius 1 is 1.37 bits per heavy atom. The van der Waals surface area contributed by atoms with Gasteiger partial charge in [0.1, 0.15) is 11.7 Å². The molecule has 1 aromatic carbocycles. The van der Waals surface area contributed by atoms with E-state index in [0.29, 0.717) is 5.56 Å². The van der Waals surface area contributed by atoms with Crippen LogP contribution in [0.2, 0.25) is 0 Å².